The van der Waals surface area contributed by atoms with E-state index in [1.54, 1.807) is 5.57 Å². The number of hydrogen-bond acceptors (Lipinski definition) is 1. The third-order valence-electron chi connectivity index (χ3n) is 11.9. The van der Waals surface area contributed by atoms with E-state index in [-0.39, 0.29) is 22.2 Å². The van der Waals surface area contributed by atoms with Crippen LogP contribution in [0.15, 0.2) is 11.6 Å². The molecule has 0 aliphatic heterocycles. The highest BCUT2D eigenvalue weighted by molar-refractivity contribution is 5.95. The number of rotatable bonds is 0. The zero-order valence-electron chi connectivity index (χ0n) is 19.9. The standard InChI is InChI=1S/C28H44O/c1-18-9-8-13-26(4)20(18)11-14-28(6)24(26)22(29)17-21-23-19(2)10-7-12-25(23,3)15-16-27(21,28)5/h17-20,23-24H,7-16H2,1-6H3/t18-,19+,20?,23?,24?,25-,26+,27-,28-/m1/s1. The van der Waals surface area contributed by atoms with Crippen molar-refractivity contribution in [2.45, 2.75) is 106 Å². The van der Waals surface area contributed by atoms with Gasteiger partial charge in [-0.15, -0.1) is 0 Å². The van der Waals surface area contributed by atoms with Crippen LogP contribution in [0.2, 0.25) is 0 Å². The van der Waals surface area contributed by atoms with Gasteiger partial charge in [-0.3, -0.25) is 4.79 Å². The summed E-state index contributed by atoms with van der Waals surface area (Å²) in [6, 6.07) is 0. The Balaban J connectivity index is 1.65. The molecule has 9 atom stereocenters. The first-order chi connectivity index (χ1) is 13.6. The zero-order chi connectivity index (χ0) is 20.8. The summed E-state index contributed by atoms with van der Waals surface area (Å²) in [5, 5.41) is 0. The number of carbonyl (C=O) groups is 1. The Hall–Kier alpha value is -0.590. The molecule has 5 aliphatic carbocycles. The molecule has 5 aliphatic rings. The fourth-order valence-corrected chi connectivity index (χ4v) is 10.3. The van der Waals surface area contributed by atoms with Crippen molar-refractivity contribution in [2.75, 3.05) is 0 Å². The first kappa shape index (κ1) is 20.3. The highest BCUT2D eigenvalue weighted by Crippen LogP contribution is 2.73. The Kier molecular flexibility index (Phi) is 4.36. The van der Waals surface area contributed by atoms with E-state index >= 15 is 0 Å². The van der Waals surface area contributed by atoms with Gasteiger partial charge in [0.05, 0.1) is 0 Å². The first-order valence-corrected chi connectivity index (χ1v) is 12.8. The van der Waals surface area contributed by atoms with Gasteiger partial charge in [0.2, 0.25) is 0 Å². The molecule has 4 fully saturated rings. The summed E-state index contributed by atoms with van der Waals surface area (Å²) in [5.41, 5.74) is 2.59. The number of ketones is 1. The molecule has 0 saturated heterocycles. The molecule has 4 saturated carbocycles. The molecule has 0 spiro atoms. The second-order valence-electron chi connectivity index (χ2n) is 13.2. The molecule has 5 rings (SSSR count). The maximum Gasteiger partial charge on any atom is 0.159 e. The van der Waals surface area contributed by atoms with Crippen molar-refractivity contribution in [3.05, 3.63) is 11.6 Å². The molecule has 0 aromatic heterocycles. The Labute approximate surface area is 179 Å². The van der Waals surface area contributed by atoms with Crippen LogP contribution < -0.4 is 0 Å². The van der Waals surface area contributed by atoms with Crippen LogP contribution in [0.3, 0.4) is 0 Å². The fourth-order valence-electron chi connectivity index (χ4n) is 10.3. The van der Waals surface area contributed by atoms with Crippen molar-refractivity contribution in [3.63, 3.8) is 0 Å². The highest BCUT2D eigenvalue weighted by Gasteiger charge is 2.68. The average molecular weight is 397 g/mol. The van der Waals surface area contributed by atoms with Crippen LogP contribution >= 0.6 is 0 Å². The maximum atomic E-state index is 14.0. The summed E-state index contributed by atoms with van der Waals surface area (Å²) in [7, 11) is 0. The van der Waals surface area contributed by atoms with Crippen molar-refractivity contribution in [1.29, 1.82) is 0 Å². The molecule has 0 aromatic rings. The number of allylic oxidation sites excluding steroid dienone is 2. The predicted octanol–water partition coefficient (Wildman–Crippen LogP) is 7.60. The van der Waals surface area contributed by atoms with Crippen LogP contribution in [0.25, 0.3) is 0 Å². The van der Waals surface area contributed by atoms with Gasteiger partial charge in [-0.25, -0.2) is 0 Å². The zero-order valence-corrected chi connectivity index (χ0v) is 19.9. The molecule has 0 bridgehead atoms. The Bertz CT molecular complexity index is 749. The molecule has 162 valence electrons. The average Bonchev–Trinajstić information content (AvgIpc) is 2.63. The SMILES string of the molecule is C[C@@H]1CCC[C@@]2(C)C1CC[C@]1(C)C2C(=O)C=C2C3[C@@H](C)CCC[C@]3(C)CC[C@]21C. The van der Waals surface area contributed by atoms with Gasteiger partial charge in [-0.2, -0.15) is 0 Å². The van der Waals surface area contributed by atoms with E-state index in [0.29, 0.717) is 17.1 Å². The van der Waals surface area contributed by atoms with Crippen LogP contribution in [0.1, 0.15) is 106 Å². The van der Waals surface area contributed by atoms with Crippen molar-refractivity contribution < 1.29 is 4.79 Å². The summed E-state index contributed by atoms with van der Waals surface area (Å²) >= 11 is 0. The fraction of sp³-hybridized carbons (Fsp3) is 0.893. The third-order valence-corrected chi connectivity index (χ3v) is 11.9. The molecular formula is C28H44O. The minimum absolute atomic E-state index is 0.148. The van der Waals surface area contributed by atoms with Gasteiger partial charge in [0, 0.05) is 5.92 Å². The lowest BCUT2D eigenvalue weighted by molar-refractivity contribution is -0.175. The number of hydrogen-bond donors (Lipinski definition) is 0. The van der Waals surface area contributed by atoms with E-state index < -0.39 is 0 Å². The lowest BCUT2D eigenvalue weighted by Crippen LogP contribution is -2.64. The lowest BCUT2D eigenvalue weighted by atomic mass is 9.34. The summed E-state index contributed by atoms with van der Waals surface area (Å²) in [5.74, 6) is 3.66. The number of fused-ring (bicyclic) bond motifs is 7. The van der Waals surface area contributed by atoms with Gasteiger partial charge in [0.25, 0.3) is 0 Å². The van der Waals surface area contributed by atoms with Gasteiger partial charge in [0.15, 0.2) is 5.78 Å². The van der Waals surface area contributed by atoms with E-state index in [2.05, 4.69) is 47.6 Å². The van der Waals surface area contributed by atoms with Crippen molar-refractivity contribution in [3.8, 4) is 0 Å². The predicted molar refractivity (Wildman–Crippen MR) is 120 cm³/mol. The third kappa shape index (κ3) is 2.43. The van der Waals surface area contributed by atoms with Crippen LogP contribution in [0, 0.1) is 51.2 Å². The maximum absolute atomic E-state index is 14.0. The summed E-state index contributed by atoms with van der Waals surface area (Å²) in [4.78, 5) is 14.0. The van der Waals surface area contributed by atoms with Gasteiger partial charge in [-0.1, -0.05) is 72.8 Å². The molecule has 0 aromatic carbocycles. The number of carbonyl (C=O) groups excluding carboxylic acids is 1. The summed E-state index contributed by atoms with van der Waals surface area (Å²) in [6.07, 6.45) is 15.6. The molecule has 1 nitrogen and oxygen atoms in total. The molecule has 0 N–H and O–H groups in total. The van der Waals surface area contributed by atoms with E-state index in [1.807, 2.05) is 0 Å². The van der Waals surface area contributed by atoms with Gasteiger partial charge in [0.1, 0.15) is 0 Å². The monoisotopic (exact) mass is 396 g/mol. The molecule has 3 unspecified atom stereocenters. The Morgan fingerprint density at radius 1 is 0.828 bits per heavy atom. The van der Waals surface area contributed by atoms with Gasteiger partial charge >= 0.3 is 0 Å². The highest BCUT2D eigenvalue weighted by atomic mass is 16.1. The lowest BCUT2D eigenvalue weighted by Gasteiger charge is -2.69. The summed E-state index contributed by atoms with van der Waals surface area (Å²) < 4.78 is 0. The second-order valence-corrected chi connectivity index (χ2v) is 13.2. The van der Waals surface area contributed by atoms with Crippen molar-refractivity contribution >= 4 is 5.78 Å². The van der Waals surface area contributed by atoms with E-state index in [9.17, 15) is 4.79 Å². The minimum atomic E-state index is 0.148. The van der Waals surface area contributed by atoms with Crippen molar-refractivity contribution in [1.82, 2.24) is 0 Å². The largest absolute Gasteiger partial charge is 0.295 e. The normalized spacial score (nSPS) is 57.1. The van der Waals surface area contributed by atoms with Crippen LogP contribution in [-0.4, -0.2) is 5.78 Å². The molecule has 0 amide bonds. The topological polar surface area (TPSA) is 17.1 Å². The van der Waals surface area contributed by atoms with Gasteiger partial charge in [-0.05, 0) is 89.9 Å². The van der Waals surface area contributed by atoms with Gasteiger partial charge < -0.3 is 0 Å². The Morgan fingerprint density at radius 3 is 2.28 bits per heavy atom. The molecule has 1 heteroatoms. The van der Waals surface area contributed by atoms with Crippen LogP contribution in [0.4, 0.5) is 0 Å². The second kappa shape index (κ2) is 6.23. The quantitative estimate of drug-likeness (QED) is 0.412. The van der Waals surface area contributed by atoms with E-state index in [0.717, 1.165) is 17.8 Å². The van der Waals surface area contributed by atoms with Crippen molar-refractivity contribution in [2.24, 2.45) is 51.2 Å². The Morgan fingerprint density at radius 2 is 1.52 bits per heavy atom. The van der Waals surface area contributed by atoms with Crippen LogP contribution in [0.5, 0.6) is 0 Å². The molecule has 29 heavy (non-hydrogen) atoms. The molecular weight excluding hydrogens is 352 g/mol. The minimum Gasteiger partial charge on any atom is -0.295 e. The van der Waals surface area contributed by atoms with E-state index in [4.69, 9.17) is 0 Å². The van der Waals surface area contributed by atoms with Crippen LogP contribution in [-0.2, 0) is 4.79 Å². The summed E-state index contributed by atoms with van der Waals surface area (Å²) in [6.45, 7) is 15.2. The molecule has 0 radical (unpaired) electrons. The first-order valence-electron chi connectivity index (χ1n) is 12.8. The van der Waals surface area contributed by atoms with E-state index in [1.165, 1.54) is 64.2 Å². The smallest absolute Gasteiger partial charge is 0.159 e. The molecule has 0 heterocycles.